The summed E-state index contributed by atoms with van der Waals surface area (Å²) in [7, 11) is 2.00. The van der Waals surface area contributed by atoms with Gasteiger partial charge in [0, 0.05) is 16.1 Å². The van der Waals surface area contributed by atoms with E-state index in [0.29, 0.717) is 17.9 Å². The zero-order valence-corrected chi connectivity index (χ0v) is 12.4. The van der Waals surface area contributed by atoms with E-state index in [1.807, 2.05) is 25.2 Å². The van der Waals surface area contributed by atoms with Gasteiger partial charge in [-0.1, -0.05) is 37.0 Å². The van der Waals surface area contributed by atoms with Crippen LogP contribution < -0.4 is 5.32 Å². The van der Waals surface area contributed by atoms with Gasteiger partial charge < -0.3 is 5.32 Å². The van der Waals surface area contributed by atoms with Crippen molar-refractivity contribution in [1.82, 2.24) is 5.32 Å². The van der Waals surface area contributed by atoms with Gasteiger partial charge in [-0.25, -0.2) is 0 Å². The average molecular weight is 274 g/mol. The van der Waals surface area contributed by atoms with E-state index < -0.39 is 0 Å². The molecular formula is C14H21Cl2N. The van der Waals surface area contributed by atoms with Crippen LogP contribution in [-0.2, 0) is 6.42 Å². The lowest BCUT2D eigenvalue weighted by Crippen LogP contribution is -2.35. The van der Waals surface area contributed by atoms with Gasteiger partial charge in [0.1, 0.15) is 0 Å². The highest BCUT2D eigenvalue weighted by Gasteiger charge is 2.21. The van der Waals surface area contributed by atoms with Crippen LogP contribution in [0.5, 0.6) is 0 Å². The van der Waals surface area contributed by atoms with Crippen molar-refractivity contribution in [3.63, 3.8) is 0 Å². The number of benzene rings is 1. The Bertz CT molecular complexity index is 363. The van der Waals surface area contributed by atoms with Gasteiger partial charge in [0.2, 0.25) is 0 Å². The second-order valence-corrected chi connectivity index (χ2v) is 5.77. The number of nitrogens with one attached hydrogen (secondary N) is 1. The molecule has 0 heterocycles. The molecule has 0 saturated carbocycles. The van der Waals surface area contributed by atoms with Crippen LogP contribution in [-0.4, -0.2) is 13.1 Å². The van der Waals surface area contributed by atoms with Crippen molar-refractivity contribution in [2.24, 2.45) is 11.8 Å². The van der Waals surface area contributed by atoms with Crippen molar-refractivity contribution < 1.29 is 0 Å². The quantitative estimate of drug-likeness (QED) is 0.838. The first kappa shape index (κ1) is 14.8. The van der Waals surface area contributed by atoms with Crippen LogP contribution in [0, 0.1) is 11.8 Å². The molecule has 0 aromatic heterocycles. The van der Waals surface area contributed by atoms with Crippen LogP contribution in [0.1, 0.15) is 26.3 Å². The van der Waals surface area contributed by atoms with Gasteiger partial charge >= 0.3 is 0 Å². The Morgan fingerprint density at radius 3 is 2.35 bits per heavy atom. The van der Waals surface area contributed by atoms with Crippen molar-refractivity contribution in [2.75, 3.05) is 7.05 Å². The van der Waals surface area contributed by atoms with E-state index in [4.69, 9.17) is 23.2 Å². The molecule has 0 radical (unpaired) electrons. The SMILES string of the molecule is CNC(C)C(Cc1cc(Cl)ccc1Cl)C(C)C. The predicted molar refractivity (Wildman–Crippen MR) is 77.0 cm³/mol. The van der Waals surface area contributed by atoms with E-state index in [1.54, 1.807) is 0 Å². The summed E-state index contributed by atoms with van der Waals surface area (Å²) < 4.78 is 0. The maximum absolute atomic E-state index is 6.21. The second-order valence-electron chi connectivity index (χ2n) is 4.93. The van der Waals surface area contributed by atoms with E-state index >= 15 is 0 Å². The van der Waals surface area contributed by atoms with Crippen molar-refractivity contribution >= 4 is 23.2 Å². The fraction of sp³-hybridized carbons (Fsp3) is 0.571. The summed E-state index contributed by atoms with van der Waals surface area (Å²) in [5.74, 6) is 1.16. The summed E-state index contributed by atoms with van der Waals surface area (Å²) in [5.41, 5.74) is 1.14. The van der Waals surface area contributed by atoms with Crippen molar-refractivity contribution in [2.45, 2.75) is 33.2 Å². The topological polar surface area (TPSA) is 12.0 Å². The van der Waals surface area contributed by atoms with Gasteiger partial charge in [-0.05, 0) is 56.0 Å². The van der Waals surface area contributed by atoms with E-state index in [-0.39, 0.29) is 0 Å². The molecule has 0 saturated heterocycles. The van der Waals surface area contributed by atoms with Gasteiger partial charge in [0.15, 0.2) is 0 Å². The zero-order chi connectivity index (χ0) is 13.0. The first-order chi connectivity index (χ1) is 7.95. The number of halogens is 2. The van der Waals surface area contributed by atoms with Crippen molar-refractivity contribution in [3.05, 3.63) is 33.8 Å². The lowest BCUT2D eigenvalue weighted by Gasteiger charge is -2.27. The van der Waals surface area contributed by atoms with Crippen LogP contribution in [0.2, 0.25) is 10.0 Å². The molecule has 0 aliphatic rings. The van der Waals surface area contributed by atoms with Crippen LogP contribution in [0.15, 0.2) is 18.2 Å². The summed E-state index contributed by atoms with van der Waals surface area (Å²) in [6.07, 6.45) is 0.957. The summed E-state index contributed by atoms with van der Waals surface area (Å²) >= 11 is 12.2. The largest absolute Gasteiger partial charge is 0.317 e. The van der Waals surface area contributed by atoms with Crippen molar-refractivity contribution in [3.8, 4) is 0 Å². The first-order valence-corrected chi connectivity index (χ1v) is 6.82. The minimum Gasteiger partial charge on any atom is -0.317 e. The standard InChI is InChI=1S/C14H21Cl2N/c1-9(2)13(10(3)17-4)8-11-7-12(15)5-6-14(11)16/h5-7,9-10,13,17H,8H2,1-4H3. The molecule has 3 heteroatoms. The zero-order valence-electron chi connectivity index (χ0n) is 10.9. The van der Waals surface area contributed by atoms with E-state index in [0.717, 1.165) is 22.0 Å². The molecule has 1 aromatic carbocycles. The average Bonchev–Trinajstić information content (AvgIpc) is 2.28. The Morgan fingerprint density at radius 1 is 1.18 bits per heavy atom. The summed E-state index contributed by atoms with van der Waals surface area (Å²) in [6.45, 7) is 6.71. The highest BCUT2D eigenvalue weighted by molar-refractivity contribution is 6.33. The Hall–Kier alpha value is -0.240. The third-order valence-corrected chi connectivity index (χ3v) is 4.02. The highest BCUT2D eigenvalue weighted by atomic mass is 35.5. The molecule has 17 heavy (non-hydrogen) atoms. The molecule has 1 rings (SSSR count). The Labute approximate surface area is 115 Å². The maximum Gasteiger partial charge on any atom is 0.0439 e. The molecule has 2 unspecified atom stereocenters. The van der Waals surface area contributed by atoms with E-state index in [9.17, 15) is 0 Å². The molecule has 1 nitrogen and oxygen atoms in total. The Balaban J connectivity index is 2.89. The summed E-state index contributed by atoms with van der Waals surface area (Å²) in [6, 6.07) is 6.15. The molecule has 0 aliphatic heterocycles. The lowest BCUT2D eigenvalue weighted by molar-refractivity contribution is 0.300. The van der Waals surface area contributed by atoms with E-state index in [2.05, 4.69) is 26.1 Å². The summed E-state index contributed by atoms with van der Waals surface area (Å²) in [5, 5.41) is 4.89. The number of hydrogen-bond acceptors (Lipinski definition) is 1. The van der Waals surface area contributed by atoms with Gasteiger partial charge in [0.05, 0.1) is 0 Å². The highest BCUT2D eigenvalue weighted by Crippen LogP contribution is 2.27. The molecule has 1 aromatic rings. The van der Waals surface area contributed by atoms with Crippen LogP contribution in [0.4, 0.5) is 0 Å². The van der Waals surface area contributed by atoms with Gasteiger partial charge in [-0.3, -0.25) is 0 Å². The van der Waals surface area contributed by atoms with Crippen LogP contribution in [0.3, 0.4) is 0 Å². The Morgan fingerprint density at radius 2 is 1.82 bits per heavy atom. The third-order valence-electron chi connectivity index (χ3n) is 3.42. The minimum absolute atomic E-state index is 0.463. The van der Waals surface area contributed by atoms with Gasteiger partial charge in [0.25, 0.3) is 0 Å². The van der Waals surface area contributed by atoms with Crippen molar-refractivity contribution in [1.29, 1.82) is 0 Å². The third kappa shape index (κ3) is 4.17. The molecule has 0 fully saturated rings. The molecular weight excluding hydrogens is 253 g/mol. The molecule has 0 amide bonds. The second kappa shape index (κ2) is 6.63. The molecule has 1 N–H and O–H groups in total. The number of hydrogen-bond donors (Lipinski definition) is 1. The molecule has 0 bridgehead atoms. The lowest BCUT2D eigenvalue weighted by atomic mass is 9.84. The number of rotatable bonds is 5. The monoisotopic (exact) mass is 273 g/mol. The fourth-order valence-electron chi connectivity index (χ4n) is 2.16. The van der Waals surface area contributed by atoms with Gasteiger partial charge in [-0.2, -0.15) is 0 Å². The van der Waals surface area contributed by atoms with Crippen LogP contribution in [0.25, 0.3) is 0 Å². The first-order valence-electron chi connectivity index (χ1n) is 6.07. The fourth-order valence-corrected chi connectivity index (χ4v) is 2.55. The van der Waals surface area contributed by atoms with E-state index in [1.165, 1.54) is 0 Å². The summed E-state index contributed by atoms with van der Waals surface area (Å²) in [4.78, 5) is 0. The molecule has 0 spiro atoms. The smallest absolute Gasteiger partial charge is 0.0439 e. The minimum atomic E-state index is 0.463. The maximum atomic E-state index is 6.21. The van der Waals surface area contributed by atoms with Crippen LogP contribution >= 0.6 is 23.2 Å². The Kier molecular flexibility index (Phi) is 5.78. The molecule has 96 valence electrons. The molecule has 0 aliphatic carbocycles. The normalized spacial score (nSPS) is 15.0. The predicted octanol–water partition coefficient (Wildman–Crippen LogP) is 4.42. The molecule has 2 atom stereocenters. The van der Waals surface area contributed by atoms with Gasteiger partial charge in [-0.15, -0.1) is 0 Å².